The number of nitrogens with one attached hydrogen (secondary N) is 1. The van der Waals surface area contributed by atoms with Crippen molar-refractivity contribution in [2.75, 3.05) is 13.7 Å². The minimum Gasteiger partial charge on any atom is -0.494 e. The summed E-state index contributed by atoms with van der Waals surface area (Å²) >= 11 is 0. The van der Waals surface area contributed by atoms with E-state index in [-0.39, 0.29) is 17.9 Å². The predicted molar refractivity (Wildman–Crippen MR) is 50.1 cm³/mol. The van der Waals surface area contributed by atoms with E-state index in [0.29, 0.717) is 0 Å². The van der Waals surface area contributed by atoms with Crippen LogP contribution in [0.2, 0.25) is 0 Å². The van der Waals surface area contributed by atoms with E-state index in [1.807, 2.05) is 0 Å². The van der Waals surface area contributed by atoms with Crippen LogP contribution in [0.25, 0.3) is 0 Å². The Kier molecular flexibility index (Phi) is 2.64. The molecular formula is C10H9F2NO3. The first-order chi connectivity index (χ1) is 7.63. The number of methoxy groups -OCH3 is 1. The third kappa shape index (κ3) is 1.66. The van der Waals surface area contributed by atoms with E-state index in [1.54, 1.807) is 0 Å². The number of amides is 1. The Hall–Kier alpha value is -1.85. The largest absolute Gasteiger partial charge is 0.494 e. The molecule has 0 spiro atoms. The van der Waals surface area contributed by atoms with Crippen LogP contribution in [0.1, 0.15) is 11.6 Å². The van der Waals surface area contributed by atoms with Crippen molar-refractivity contribution in [3.05, 3.63) is 29.3 Å². The second-order valence-electron chi connectivity index (χ2n) is 3.27. The van der Waals surface area contributed by atoms with Gasteiger partial charge in [-0.3, -0.25) is 0 Å². The Labute approximate surface area is 90.2 Å². The third-order valence-corrected chi connectivity index (χ3v) is 2.33. The summed E-state index contributed by atoms with van der Waals surface area (Å²) in [5.74, 6) is -1.63. The van der Waals surface area contributed by atoms with Crippen LogP contribution < -0.4 is 10.1 Å². The van der Waals surface area contributed by atoms with Crippen molar-refractivity contribution in [2.24, 2.45) is 0 Å². The van der Waals surface area contributed by atoms with Gasteiger partial charge >= 0.3 is 6.09 Å². The molecule has 0 saturated carbocycles. The third-order valence-electron chi connectivity index (χ3n) is 2.33. The number of hydrogen-bond donors (Lipinski definition) is 1. The first kappa shape index (κ1) is 10.7. The lowest BCUT2D eigenvalue weighted by Crippen LogP contribution is -2.20. The smallest absolute Gasteiger partial charge is 0.407 e. The Morgan fingerprint density at radius 3 is 2.81 bits per heavy atom. The SMILES string of the molecule is COc1ccc(F)c([C@@H]2COC(=O)N2)c1F. The van der Waals surface area contributed by atoms with E-state index >= 15 is 0 Å². The van der Waals surface area contributed by atoms with Crippen LogP contribution in [0.4, 0.5) is 13.6 Å². The molecule has 1 aromatic rings. The highest BCUT2D eigenvalue weighted by atomic mass is 19.1. The molecule has 4 nitrogen and oxygen atoms in total. The summed E-state index contributed by atoms with van der Waals surface area (Å²) in [6.45, 7) is -0.0974. The Balaban J connectivity index is 2.42. The number of benzene rings is 1. The summed E-state index contributed by atoms with van der Waals surface area (Å²) in [7, 11) is 1.28. The Morgan fingerprint density at radius 2 is 2.25 bits per heavy atom. The van der Waals surface area contributed by atoms with Gasteiger partial charge in [-0.15, -0.1) is 0 Å². The van der Waals surface area contributed by atoms with Gasteiger partial charge in [0.2, 0.25) is 0 Å². The van der Waals surface area contributed by atoms with E-state index < -0.39 is 23.8 Å². The van der Waals surface area contributed by atoms with E-state index in [0.717, 1.165) is 6.07 Å². The maximum Gasteiger partial charge on any atom is 0.407 e. The molecule has 1 aliphatic heterocycles. The number of carbonyl (C=O) groups is 1. The normalized spacial score (nSPS) is 19.2. The zero-order valence-corrected chi connectivity index (χ0v) is 8.42. The molecule has 0 radical (unpaired) electrons. The van der Waals surface area contributed by atoms with Gasteiger partial charge in [-0.05, 0) is 12.1 Å². The van der Waals surface area contributed by atoms with Crippen LogP contribution in [0.5, 0.6) is 5.75 Å². The number of hydrogen-bond acceptors (Lipinski definition) is 3. The van der Waals surface area contributed by atoms with Crippen molar-refractivity contribution in [3.63, 3.8) is 0 Å². The lowest BCUT2D eigenvalue weighted by Gasteiger charge is -2.12. The molecule has 16 heavy (non-hydrogen) atoms. The fourth-order valence-corrected chi connectivity index (χ4v) is 1.57. The molecule has 6 heteroatoms. The van der Waals surface area contributed by atoms with Gasteiger partial charge in [0.05, 0.1) is 18.7 Å². The summed E-state index contributed by atoms with van der Waals surface area (Å²) in [6, 6.07) is 1.45. The number of cyclic esters (lactones) is 1. The number of carbonyl (C=O) groups excluding carboxylic acids is 1. The highest BCUT2D eigenvalue weighted by Crippen LogP contribution is 2.29. The van der Waals surface area contributed by atoms with Crippen LogP contribution in [0.15, 0.2) is 12.1 Å². The average molecular weight is 229 g/mol. The molecule has 1 N–H and O–H groups in total. The van der Waals surface area contributed by atoms with E-state index in [2.05, 4.69) is 10.1 Å². The van der Waals surface area contributed by atoms with Crippen LogP contribution in [0, 0.1) is 11.6 Å². The number of halogens is 2. The second kappa shape index (κ2) is 3.96. The Morgan fingerprint density at radius 1 is 1.50 bits per heavy atom. The molecule has 0 bridgehead atoms. The molecule has 0 aromatic heterocycles. The average Bonchev–Trinajstić information content (AvgIpc) is 2.65. The van der Waals surface area contributed by atoms with Crippen LogP contribution >= 0.6 is 0 Å². The molecule has 2 rings (SSSR count). The first-order valence-corrected chi connectivity index (χ1v) is 4.58. The van der Waals surface area contributed by atoms with Crippen molar-refractivity contribution >= 4 is 6.09 Å². The van der Waals surface area contributed by atoms with Gasteiger partial charge in [0.25, 0.3) is 0 Å². The molecule has 1 saturated heterocycles. The van der Waals surface area contributed by atoms with Crippen molar-refractivity contribution in [2.45, 2.75) is 6.04 Å². The van der Waals surface area contributed by atoms with E-state index in [1.165, 1.54) is 13.2 Å². The van der Waals surface area contributed by atoms with Gasteiger partial charge in [-0.1, -0.05) is 0 Å². The standard InChI is InChI=1S/C10H9F2NO3/c1-15-7-3-2-5(11)8(9(7)12)6-4-16-10(14)13-6/h2-3,6H,4H2,1H3,(H,13,14)/t6-/m0/s1. The number of ether oxygens (including phenoxy) is 2. The van der Waals surface area contributed by atoms with E-state index in [4.69, 9.17) is 4.74 Å². The summed E-state index contributed by atoms with van der Waals surface area (Å²) in [5, 5.41) is 2.31. The van der Waals surface area contributed by atoms with Crippen LogP contribution in [0.3, 0.4) is 0 Å². The molecule has 1 aliphatic rings. The molecular weight excluding hydrogens is 220 g/mol. The van der Waals surface area contributed by atoms with Crippen molar-refractivity contribution in [1.29, 1.82) is 0 Å². The lowest BCUT2D eigenvalue weighted by molar-refractivity contribution is 0.176. The molecule has 1 heterocycles. The van der Waals surface area contributed by atoms with Gasteiger partial charge in [0, 0.05) is 0 Å². The number of rotatable bonds is 2. The summed E-state index contributed by atoms with van der Waals surface area (Å²) in [4.78, 5) is 10.8. The maximum absolute atomic E-state index is 13.7. The van der Waals surface area contributed by atoms with Gasteiger partial charge < -0.3 is 14.8 Å². The minimum absolute atomic E-state index is 0.0717. The molecule has 86 valence electrons. The maximum atomic E-state index is 13.7. The monoisotopic (exact) mass is 229 g/mol. The quantitative estimate of drug-likeness (QED) is 0.840. The molecule has 1 atom stereocenters. The van der Waals surface area contributed by atoms with Gasteiger partial charge in [-0.2, -0.15) is 0 Å². The number of alkyl carbamates (subject to hydrolysis) is 1. The minimum atomic E-state index is -0.821. The van der Waals surface area contributed by atoms with Crippen molar-refractivity contribution in [1.82, 2.24) is 5.32 Å². The molecule has 0 aliphatic carbocycles. The first-order valence-electron chi connectivity index (χ1n) is 4.58. The zero-order chi connectivity index (χ0) is 11.7. The predicted octanol–water partition coefficient (Wildman–Crippen LogP) is 1.75. The van der Waals surface area contributed by atoms with Crippen molar-refractivity contribution < 1.29 is 23.0 Å². The summed E-state index contributed by atoms with van der Waals surface area (Å²) < 4.78 is 36.5. The molecule has 1 fully saturated rings. The highest BCUT2D eigenvalue weighted by molar-refractivity contribution is 5.70. The van der Waals surface area contributed by atoms with Gasteiger partial charge in [0.15, 0.2) is 11.6 Å². The Bertz CT molecular complexity index is 436. The molecule has 0 unspecified atom stereocenters. The van der Waals surface area contributed by atoms with Crippen LogP contribution in [-0.2, 0) is 4.74 Å². The van der Waals surface area contributed by atoms with Crippen molar-refractivity contribution in [3.8, 4) is 5.75 Å². The fourth-order valence-electron chi connectivity index (χ4n) is 1.57. The zero-order valence-electron chi connectivity index (χ0n) is 8.42. The second-order valence-corrected chi connectivity index (χ2v) is 3.27. The summed E-state index contributed by atoms with van der Waals surface area (Å²) in [6.07, 6.45) is -0.688. The van der Waals surface area contributed by atoms with Gasteiger partial charge in [-0.25, -0.2) is 13.6 Å². The topological polar surface area (TPSA) is 47.6 Å². The van der Waals surface area contributed by atoms with Crippen LogP contribution in [-0.4, -0.2) is 19.8 Å². The fraction of sp³-hybridized carbons (Fsp3) is 0.300. The molecule has 1 aromatic carbocycles. The highest BCUT2D eigenvalue weighted by Gasteiger charge is 2.30. The summed E-state index contributed by atoms with van der Waals surface area (Å²) in [5.41, 5.74) is -0.245. The van der Waals surface area contributed by atoms with Gasteiger partial charge in [0.1, 0.15) is 12.4 Å². The molecule has 1 amide bonds. The van der Waals surface area contributed by atoms with E-state index in [9.17, 15) is 13.6 Å². The lowest BCUT2D eigenvalue weighted by atomic mass is 10.1.